The third-order valence-corrected chi connectivity index (χ3v) is 13.7. The molecule has 8 aromatic rings. The Bertz CT molecular complexity index is 4500. The van der Waals surface area contributed by atoms with Crippen LogP contribution in [0.15, 0.2) is 146 Å². The number of rotatable bonds is 8. The van der Waals surface area contributed by atoms with Crippen LogP contribution in [0, 0.1) is 80.9 Å². The molecule has 0 bridgehead atoms. The lowest BCUT2D eigenvalue weighted by Gasteiger charge is -2.16. The van der Waals surface area contributed by atoms with Crippen LogP contribution >= 0.6 is 0 Å². The topological polar surface area (TPSA) is 482 Å². The smallest absolute Gasteiger partial charge is 0.281 e. The van der Waals surface area contributed by atoms with Crippen molar-refractivity contribution in [3.05, 3.63) is 316 Å². The SMILES string of the molecule is O=C1c2cc([N+](=O)[O-])ccc2C(=O)c2c1cccc2[N+](=O)[O-].O=C1c2ccc([N+](=O)[O-])cc2C(=O)c2c1cccc2[N+](=O)[O-].O=C1c2cccc([N+](=O)[O-])c2C(=O)c2c1cccc2[N+](=O)[O-].O=C1c2cccc([N+](=O)[O-])c2C(=O)c2cccc([N+](=O)[O-])c21. The number of nitrogens with zero attached hydrogens (tertiary/aromatic N) is 8. The van der Waals surface area contributed by atoms with Gasteiger partial charge in [0.05, 0.1) is 39.4 Å². The summed E-state index contributed by atoms with van der Waals surface area (Å²) >= 11 is 0. The van der Waals surface area contributed by atoms with Crippen LogP contribution in [0.1, 0.15) is 127 Å². The number of hydrogen-bond acceptors (Lipinski definition) is 24. The molecule has 432 valence electrons. The second-order valence-corrected chi connectivity index (χ2v) is 18.3. The summed E-state index contributed by atoms with van der Waals surface area (Å²) in [7, 11) is 0. The molecule has 0 spiro atoms. The molecule has 32 nitrogen and oxygen atoms in total. The minimum Gasteiger partial charge on any atom is -0.289 e. The lowest BCUT2D eigenvalue weighted by atomic mass is 9.82. The standard InChI is InChI=1S/4C14H6N2O6/c17-13-7-3-1-5-9(15(19)20)11(7)14(18)8-4-2-6-10(12(8)13)16(21)22;17-13-7-3-1-5-9(15(19)20)11(7)14(18)12-8(13)4-2-6-10(12)16(21)22;17-13-9-2-1-3-11(16(21)22)12(9)14(18)8-5-4-7(15(19)20)6-10(8)13;17-13-8-5-4-7(15(19)20)6-10(8)14(18)12-9(13)2-1-3-11(12)16(21)22/h4*1-6H. The van der Waals surface area contributed by atoms with Crippen molar-refractivity contribution in [3.8, 4) is 0 Å². The fourth-order valence-electron chi connectivity index (χ4n) is 9.88. The minimum absolute atomic E-state index is 0.00333. The first-order valence-corrected chi connectivity index (χ1v) is 24.3. The molecule has 0 amide bonds. The van der Waals surface area contributed by atoms with Crippen LogP contribution in [0.5, 0.6) is 0 Å². The summed E-state index contributed by atoms with van der Waals surface area (Å²) in [6.07, 6.45) is 0. The van der Waals surface area contributed by atoms with Crippen molar-refractivity contribution in [3.63, 3.8) is 0 Å². The van der Waals surface area contributed by atoms with Crippen molar-refractivity contribution in [1.82, 2.24) is 0 Å². The Hall–Kier alpha value is -13.7. The largest absolute Gasteiger partial charge is 0.289 e. The quantitative estimate of drug-likeness (QED) is 0.101. The molecular weight excluding hydrogens is 1170 g/mol. The predicted molar refractivity (Wildman–Crippen MR) is 292 cm³/mol. The first-order chi connectivity index (χ1) is 41.7. The molecule has 0 heterocycles. The van der Waals surface area contributed by atoms with Gasteiger partial charge in [-0.25, -0.2) is 0 Å². The van der Waals surface area contributed by atoms with Gasteiger partial charge in [0, 0.05) is 116 Å². The molecule has 0 aliphatic heterocycles. The summed E-state index contributed by atoms with van der Waals surface area (Å²) in [5.41, 5.74) is -6.97. The monoisotopic (exact) mass is 1190 g/mol. The van der Waals surface area contributed by atoms with E-state index in [1.165, 1.54) is 78.9 Å². The van der Waals surface area contributed by atoms with E-state index in [0.29, 0.717) is 0 Å². The summed E-state index contributed by atoms with van der Waals surface area (Å²) < 4.78 is 0. The molecule has 12 rings (SSSR count). The van der Waals surface area contributed by atoms with E-state index in [2.05, 4.69) is 0 Å². The van der Waals surface area contributed by atoms with Crippen LogP contribution in [-0.2, 0) is 0 Å². The maximum Gasteiger partial charge on any atom is 0.281 e. The van der Waals surface area contributed by atoms with E-state index in [1.807, 2.05) is 0 Å². The molecular formula is C56H24N8O24. The highest BCUT2D eigenvalue weighted by molar-refractivity contribution is 6.33. The molecule has 0 saturated carbocycles. The van der Waals surface area contributed by atoms with Crippen LogP contribution in [0.3, 0.4) is 0 Å². The summed E-state index contributed by atoms with van der Waals surface area (Å²) in [5.74, 6) is -5.71. The molecule has 0 aromatic heterocycles. The average molecular weight is 1190 g/mol. The van der Waals surface area contributed by atoms with Gasteiger partial charge in [0.25, 0.3) is 45.5 Å². The highest BCUT2D eigenvalue weighted by Gasteiger charge is 2.42. The Morgan fingerprint density at radius 3 is 0.648 bits per heavy atom. The summed E-state index contributed by atoms with van der Waals surface area (Å²) in [4.78, 5) is 181. The van der Waals surface area contributed by atoms with E-state index in [-0.39, 0.29) is 89.3 Å². The van der Waals surface area contributed by atoms with Gasteiger partial charge in [-0.1, -0.05) is 36.4 Å². The van der Waals surface area contributed by atoms with Gasteiger partial charge in [0.15, 0.2) is 17.3 Å². The normalized spacial score (nSPS) is 12.5. The molecule has 88 heavy (non-hydrogen) atoms. The van der Waals surface area contributed by atoms with Gasteiger partial charge in [-0.15, -0.1) is 0 Å². The number of carbonyl (C=O) groups is 8. The van der Waals surface area contributed by atoms with Gasteiger partial charge < -0.3 is 0 Å². The second kappa shape index (κ2) is 22.6. The lowest BCUT2D eigenvalue weighted by Crippen LogP contribution is -2.23. The predicted octanol–water partition coefficient (Wildman–Crippen LogP) is 9.11. The number of hydrogen-bond donors (Lipinski definition) is 0. The van der Waals surface area contributed by atoms with Crippen molar-refractivity contribution >= 4 is 91.8 Å². The van der Waals surface area contributed by atoms with Crippen LogP contribution in [0.4, 0.5) is 45.5 Å². The molecule has 0 atom stereocenters. The van der Waals surface area contributed by atoms with Crippen molar-refractivity contribution in [1.29, 1.82) is 0 Å². The Morgan fingerprint density at radius 2 is 0.386 bits per heavy atom. The van der Waals surface area contributed by atoms with E-state index in [4.69, 9.17) is 0 Å². The molecule has 8 aromatic carbocycles. The maximum atomic E-state index is 12.5. The zero-order chi connectivity index (χ0) is 64.1. The summed E-state index contributed by atoms with van der Waals surface area (Å²) in [5, 5.41) is 87.9. The zero-order valence-corrected chi connectivity index (χ0v) is 43.2. The van der Waals surface area contributed by atoms with E-state index < -0.39 is 131 Å². The van der Waals surface area contributed by atoms with Gasteiger partial charge in [-0.2, -0.15) is 0 Å². The number of non-ortho nitro benzene ring substituents is 2. The molecule has 0 unspecified atom stereocenters. The highest BCUT2D eigenvalue weighted by atomic mass is 16.7. The van der Waals surface area contributed by atoms with E-state index in [0.717, 1.165) is 66.7 Å². The average Bonchev–Trinajstić information content (AvgIpc) is 0.824. The lowest BCUT2D eigenvalue weighted by molar-refractivity contribution is -0.385. The van der Waals surface area contributed by atoms with Crippen molar-refractivity contribution in [2.45, 2.75) is 0 Å². The molecule has 0 fully saturated rings. The molecule has 4 aliphatic rings. The number of fused-ring (bicyclic) bond motifs is 8. The van der Waals surface area contributed by atoms with E-state index in [1.54, 1.807) is 0 Å². The summed E-state index contributed by atoms with van der Waals surface area (Å²) in [6.45, 7) is 0. The first kappa shape index (κ1) is 59.0. The van der Waals surface area contributed by atoms with Gasteiger partial charge in [-0.3, -0.25) is 119 Å². The van der Waals surface area contributed by atoms with Gasteiger partial charge in [0.1, 0.15) is 33.4 Å². The molecule has 0 saturated heterocycles. The minimum atomic E-state index is -0.885. The number of nitro groups is 8. The molecule has 32 heteroatoms. The number of nitro benzene ring substituents is 8. The van der Waals surface area contributed by atoms with Crippen molar-refractivity contribution < 1.29 is 77.7 Å². The Morgan fingerprint density at radius 1 is 0.193 bits per heavy atom. The number of benzene rings is 8. The number of carbonyl (C=O) groups excluding carboxylic acids is 8. The number of ketones is 8. The Kier molecular flexibility index (Phi) is 15.1. The van der Waals surface area contributed by atoms with Crippen LogP contribution in [0.2, 0.25) is 0 Å². The highest BCUT2D eigenvalue weighted by Crippen LogP contribution is 2.40. The fourth-order valence-corrected chi connectivity index (χ4v) is 9.88. The maximum absolute atomic E-state index is 12.5. The van der Waals surface area contributed by atoms with Crippen LogP contribution in [-0.4, -0.2) is 85.7 Å². The second-order valence-electron chi connectivity index (χ2n) is 18.3. The van der Waals surface area contributed by atoms with Crippen molar-refractivity contribution in [2.24, 2.45) is 0 Å². The Labute approximate surface area is 483 Å². The molecule has 4 aliphatic carbocycles. The van der Waals surface area contributed by atoms with E-state index >= 15 is 0 Å². The third kappa shape index (κ3) is 9.95. The molecule has 0 N–H and O–H groups in total. The van der Waals surface area contributed by atoms with Gasteiger partial charge in [0.2, 0.25) is 28.9 Å². The van der Waals surface area contributed by atoms with Gasteiger partial charge >= 0.3 is 0 Å². The van der Waals surface area contributed by atoms with Gasteiger partial charge in [-0.05, 0) is 48.5 Å². The zero-order valence-electron chi connectivity index (χ0n) is 43.2. The third-order valence-electron chi connectivity index (χ3n) is 13.7. The summed E-state index contributed by atoms with van der Waals surface area (Å²) in [6, 6.07) is 28.6. The first-order valence-electron chi connectivity index (χ1n) is 24.3. The fraction of sp³-hybridized carbons (Fsp3) is 0. The van der Waals surface area contributed by atoms with Crippen LogP contribution in [0.25, 0.3) is 0 Å². The molecule has 0 radical (unpaired) electrons. The van der Waals surface area contributed by atoms with E-state index in [9.17, 15) is 119 Å². The Balaban J connectivity index is 0.000000140. The van der Waals surface area contributed by atoms with Crippen molar-refractivity contribution in [2.75, 3.05) is 0 Å². The van der Waals surface area contributed by atoms with Crippen LogP contribution < -0.4 is 0 Å².